The van der Waals surface area contributed by atoms with Gasteiger partial charge in [0.1, 0.15) is 0 Å². The average Bonchev–Trinajstić information content (AvgIpc) is 2.83. The van der Waals surface area contributed by atoms with Crippen LogP contribution in [-0.2, 0) is 22.5 Å². The fourth-order valence-electron chi connectivity index (χ4n) is 4.93. The molecule has 0 spiro atoms. The quantitative estimate of drug-likeness (QED) is 0.437. The maximum absolute atomic E-state index is 11.2. The van der Waals surface area contributed by atoms with E-state index in [1.807, 2.05) is 12.1 Å². The van der Waals surface area contributed by atoms with Crippen LogP contribution in [0.1, 0.15) is 44.2 Å². The molecule has 1 amide bonds. The topological polar surface area (TPSA) is 41.6 Å². The van der Waals surface area contributed by atoms with Gasteiger partial charge >= 0.3 is 0 Å². The summed E-state index contributed by atoms with van der Waals surface area (Å²) in [4.78, 5) is 13.8. The summed E-state index contributed by atoms with van der Waals surface area (Å²) in [6.45, 7) is 8.41. The van der Waals surface area contributed by atoms with E-state index in [4.69, 9.17) is 4.74 Å². The first-order chi connectivity index (χ1) is 16.0. The highest BCUT2D eigenvalue weighted by molar-refractivity contribution is 5.88. The van der Waals surface area contributed by atoms with Crippen molar-refractivity contribution >= 4 is 22.4 Å². The van der Waals surface area contributed by atoms with Crippen LogP contribution in [0.5, 0.6) is 0 Å². The smallest absolute Gasteiger partial charge is 0.221 e. The summed E-state index contributed by atoms with van der Waals surface area (Å²) in [5.74, 6) is -0.0342. The molecule has 3 aromatic carbocycles. The van der Waals surface area contributed by atoms with E-state index in [0.29, 0.717) is 0 Å². The Bertz CT molecular complexity index is 1050. The molecule has 174 valence electrons. The molecule has 4 nitrogen and oxygen atoms in total. The Labute approximate surface area is 197 Å². The third-order valence-electron chi connectivity index (χ3n) is 6.97. The van der Waals surface area contributed by atoms with Crippen molar-refractivity contribution in [1.29, 1.82) is 0 Å². The van der Waals surface area contributed by atoms with Crippen molar-refractivity contribution < 1.29 is 9.53 Å². The lowest BCUT2D eigenvalue weighted by Crippen LogP contribution is -2.42. The Morgan fingerprint density at radius 1 is 0.970 bits per heavy atom. The van der Waals surface area contributed by atoms with Gasteiger partial charge < -0.3 is 10.1 Å². The molecule has 4 heteroatoms. The number of fused-ring (bicyclic) bond motifs is 1. The first-order valence-corrected chi connectivity index (χ1v) is 12.2. The van der Waals surface area contributed by atoms with Crippen LogP contribution in [0.25, 0.3) is 10.8 Å². The van der Waals surface area contributed by atoms with Crippen LogP contribution in [0.4, 0.5) is 5.69 Å². The summed E-state index contributed by atoms with van der Waals surface area (Å²) in [7, 11) is 0. The third kappa shape index (κ3) is 6.43. The van der Waals surface area contributed by atoms with Crippen LogP contribution in [0.2, 0.25) is 0 Å². The number of hydrogen-bond donors (Lipinski definition) is 1. The number of hydrogen-bond acceptors (Lipinski definition) is 3. The molecule has 4 rings (SSSR count). The highest BCUT2D eigenvalue weighted by Gasteiger charge is 2.34. The van der Waals surface area contributed by atoms with Crippen LogP contribution in [0.15, 0.2) is 66.7 Å². The van der Waals surface area contributed by atoms with Crippen molar-refractivity contribution in [2.24, 2.45) is 5.41 Å². The molecule has 0 radical (unpaired) electrons. The number of anilines is 1. The van der Waals surface area contributed by atoms with Gasteiger partial charge in [-0.05, 0) is 85.1 Å². The molecular weight excluding hydrogens is 408 g/mol. The predicted molar refractivity (Wildman–Crippen MR) is 136 cm³/mol. The van der Waals surface area contributed by atoms with Crippen LogP contribution < -0.4 is 5.32 Å². The number of carbonyl (C=O) groups excluding carboxylic acids is 1. The lowest BCUT2D eigenvalue weighted by molar-refractivity contribution is -0.114. The first kappa shape index (κ1) is 23.5. The van der Waals surface area contributed by atoms with Crippen molar-refractivity contribution in [1.82, 2.24) is 4.90 Å². The Hall–Kier alpha value is -2.69. The molecule has 0 saturated carbocycles. The van der Waals surface area contributed by atoms with Gasteiger partial charge in [0.2, 0.25) is 5.91 Å². The Balaban J connectivity index is 1.35. The van der Waals surface area contributed by atoms with E-state index in [-0.39, 0.29) is 11.3 Å². The SMILES string of the molecule is CCOCC1(CCc2ccc3ccccc3c2)CCN(Cc2ccc(NC(C)=O)cc2)CC1. The minimum atomic E-state index is -0.0342. The summed E-state index contributed by atoms with van der Waals surface area (Å²) in [6, 6.07) is 23.7. The van der Waals surface area contributed by atoms with Crippen LogP contribution in [0, 0.1) is 5.41 Å². The van der Waals surface area contributed by atoms with Gasteiger partial charge in [-0.3, -0.25) is 9.69 Å². The number of benzene rings is 3. The first-order valence-electron chi connectivity index (χ1n) is 12.2. The molecule has 1 heterocycles. The number of ether oxygens (including phenoxy) is 1. The average molecular weight is 445 g/mol. The van der Waals surface area contributed by atoms with Crippen molar-refractivity contribution in [3.63, 3.8) is 0 Å². The maximum atomic E-state index is 11.2. The Morgan fingerprint density at radius 3 is 2.36 bits per heavy atom. The monoisotopic (exact) mass is 444 g/mol. The zero-order valence-corrected chi connectivity index (χ0v) is 20.0. The zero-order chi connectivity index (χ0) is 23.1. The predicted octanol–water partition coefficient (Wildman–Crippen LogP) is 6.05. The third-order valence-corrected chi connectivity index (χ3v) is 6.97. The summed E-state index contributed by atoms with van der Waals surface area (Å²) >= 11 is 0. The molecule has 0 aliphatic carbocycles. The van der Waals surface area contributed by atoms with Crippen molar-refractivity contribution in [3.8, 4) is 0 Å². The summed E-state index contributed by atoms with van der Waals surface area (Å²) in [5.41, 5.74) is 3.83. The second kappa shape index (κ2) is 11.0. The fourth-order valence-corrected chi connectivity index (χ4v) is 4.93. The van der Waals surface area contributed by atoms with Crippen molar-refractivity contribution in [2.45, 2.75) is 46.1 Å². The lowest BCUT2D eigenvalue weighted by atomic mass is 9.74. The van der Waals surface area contributed by atoms with E-state index in [2.05, 4.69) is 71.7 Å². The van der Waals surface area contributed by atoms with Gasteiger partial charge in [0.15, 0.2) is 0 Å². The maximum Gasteiger partial charge on any atom is 0.221 e. The van der Waals surface area contributed by atoms with E-state index < -0.39 is 0 Å². The molecular formula is C29H36N2O2. The van der Waals surface area contributed by atoms with Gasteiger partial charge in [0, 0.05) is 25.8 Å². The molecule has 1 N–H and O–H groups in total. The van der Waals surface area contributed by atoms with E-state index in [0.717, 1.165) is 45.0 Å². The number of nitrogens with one attached hydrogen (secondary N) is 1. The van der Waals surface area contributed by atoms with Crippen LogP contribution in [0.3, 0.4) is 0 Å². The molecule has 1 fully saturated rings. The molecule has 0 atom stereocenters. The second-order valence-corrected chi connectivity index (χ2v) is 9.47. The molecule has 1 aliphatic rings. The number of rotatable bonds is 9. The largest absolute Gasteiger partial charge is 0.381 e. The van der Waals surface area contributed by atoms with Crippen molar-refractivity contribution in [3.05, 3.63) is 77.9 Å². The van der Waals surface area contributed by atoms with Crippen LogP contribution >= 0.6 is 0 Å². The van der Waals surface area contributed by atoms with Gasteiger partial charge in [0.05, 0.1) is 6.61 Å². The summed E-state index contributed by atoms with van der Waals surface area (Å²) < 4.78 is 5.98. The number of aryl methyl sites for hydroxylation is 1. The van der Waals surface area contributed by atoms with E-state index in [1.54, 1.807) is 0 Å². The van der Waals surface area contributed by atoms with E-state index in [1.165, 1.54) is 48.1 Å². The van der Waals surface area contributed by atoms with Gasteiger partial charge in [-0.2, -0.15) is 0 Å². The lowest BCUT2D eigenvalue weighted by Gasteiger charge is -2.42. The number of carbonyl (C=O) groups is 1. The molecule has 0 aromatic heterocycles. The van der Waals surface area contributed by atoms with Gasteiger partial charge in [-0.25, -0.2) is 0 Å². The van der Waals surface area contributed by atoms with Gasteiger partial charge in [-0.1, -0.05) is 54.6 Å². The fraction of sp³-hybridized carbons (Fsp3) is 0.414. The normalized spacial score (nSPS) is 16.1. The van der Waals surface area contributed by atoms with E-state index >= 15 is 0 Å². The standard InChI is InChI=1S/C29H36N2O2/c1-3-33-22-29(15-14-24-8-11-26-6-4-5-7-27(26)20-24)16-18-31(19-17-29)21-25-9-12-28(13-10-25)30-23(2)32/h4-13,20H,3,14-19,21-22H2,1-2H3,(H,30,32). The minimum Gasteiger partial charge on any atom is -0.381 e. The summed E-state index contributed by atoms with van der Waals surface area (Å²) in [5, 5.41) is 5.47. The number of nitrogens with zero attached hydrogens (tertiary/aromatic N) is 1. The molecule has 1 aliphatic heterocycles. The molecule has 0 bridgehead atoms. The van der Waals surface area contributed by atoms with Crippen LogP contribution in [-0.4, -0.2) is 37.1 Å². The van der Waals surface area contributed by atoms with E-state index in [9.17, 15) is 4.79 Å². The Kier molecular flexibility index (Phi) is 7.79. The molecule has 33 heavy (non-hydrogen) atoms. The van der Waals surface area contributed by atoms with Crippen molar-refractivity contribution in [2.75, 3.05) is 31.6 Å². The molecule has 1 saturated heterocycles. The molecule has 0 unspecified atom stereocenters. The number of amides is 1. The highest BCUT2D eigenvalue weighted by atomic mass is 16.5. The minimum absolute atomic E-state index is 0.0342. The second-order valence-electron chi connectivity index (χ2n) is 9.47. The zero-order valence-electron chi connectivity index (χ0n) is 20.0. The molecule has 3 aromatic rings. The highest BCUT2D eigenvalue weighted by Crippen LogP contribution is 2.37. The van der Waals surface area contributed by atoms with Gasteiger partial charge in [0.25, 0.3) is 0 Å². The Morgan fingerprint density at radius 2 is 1.67 bits per heavy atom. The number of piperidine rings is 1. The summed E-state index contributed by atoms with van der Waals surface area (Å²) in [6.07, 6.45) is 4.61. The number of likely N-dealkylation sites (tertiary alicyclic amines) is 1. The van der Waals surface area contributed by atoms with Gasteiger partial charge in [-0.15, -0.1) is 0 Å².